The number of carbonyl (C=O) groups excluding carboxylic acids is 1. The fourth-order valence-electron chi connectivity index (χ4n) is 2.35. The van der Waals surface area contributed by atoms with Gasteiger partial charge in [-0.15, -0.1) is 0 Å². The standard InChI is InChI=1S/C14H22N4O/c1-11-5-4-6-16-12(11)10-18-8-7-15-9-13(18)14(19)17(2)3/h4-6,13,15H,7-10H2,1-3H3. The lowest BCUT2D eigenvalue weighted by molar-refractivity contribution is -0.135. The van der Waals surface area contributed by atoms with Crippen LogP contribution in [-0.4, -0.2) is 60.5 Å². The molecule has 1 amide bonds. The third-order valence-corrected chi connectivity index (χ3v) is 3.55. The van der Waals surface area contributed by atoms with E-state index in [0.29, 0.717) is 6.54 Å². The summed E-state index contributed by atoms with van der Waals surface area (Å²) in [6.07, 6.45) is 1.81. The number of hydrogen-bond acceptors (Lipinski definition) is 4. The molecule has 19 heavy (non-hydrogen) atoms. The van der Waals surface area contributed by atoms with Crippen molar-refractivity contribution in [2.75, 3.05) is 33.7 Å². The van der Waals surface area contributed by atoms with E-state index in [-0.39, 0.29) is 11.9 Å². The Morgan fingerprint density at radius 3 is 3.05 bits per heavy atom. The van der Waals surface area contributed by atoms with Crippen LogP contribution in [0.1, 0.15) is 11.3 Å². The van der Waals surface area contributed by atoms with E-state index in [9.17, 15) is 4.79 Å². The highest BCUT2D eigenvalue weighted by atomic mass is 16.2. The molecule has 0 radical (unpaired) electrons. The van der Waals surface area contributed by atoms with Crippen molar-refractivity contribution >= 4 is 5.91 Å². The second-order valence-corrected chi connectivity index (χ2v) is 5.19. The number of amides is 1. The SMILES string of the molecule is Cc1cccnc1CN1CCNCC1C(=O)N(C)C. The Labute approximate surface area is 114 Å². The van der Waals surface area contributed by atoms with Gasteiger partial charge in [-0.2, -0.15) is 0 Å². The lowest BCUT2D eigenvalue weighted by Crippen LogP contribution is -2.57. The highest BCUT2D eigenvalue weighted by molar-refractivity contribution is 5.81. The Kier molecular flexibility index (Phi) is 4.50. The maximum Gasteiger partial charge on any atom is 0.240 e. The Hall–Kier alpha value is -1.46. The summed E-state index contributed by atoms with van der Waals surface area (Å²) in [5, 5.41) is 3.29. The number of nitrogens with zero attached hydrogens (tertiary/aromatic N) is 3. The lowest BCUT2D eigenvalue weighted by Gasteiger charge is -2.36. The van der Waals surface area contributed by atoms with Crippen LogP contribution < -0.4 is 5.32 Å². The first kappa shape index (κ1) is 14.0. The summed E-state index contributed by atoms with van der Waals surface area (Å²) in [5.74, 6) is 0.154. The van der Waals surface area contributed by atoms with E-state index < -0.39 is 0 Å². The average Bonchev–Trinajstić information content (AvgIpc) is 2.41. The van der Waals surface area contributed by atoms with Gasteiger partial charge in [0.1, 0.15) is 6.04 Å². The summed E-state index contributed by atoms with van der Waals surface area (Å²) >= 11 is 0. The molecule has 0 aromatic carbocycles. The Morgan fingerprint density at radius 2 is 2.37 bits per heavy atom. The minimum Gasteiger partial charge on any atom is -0.347 e. The predicted octanol–water partition coefficient (Wildman–Crippen LogP) is 0.252. The molecule has 1 unspecified atom stereocenters. The maximum absolute atomic E-state index is 12.2. The molecule has 0 aliphatic carbocycles. The zero-order chi connectivity index (χ0) is 13.8. The van der Waals surface area contributed by atoms with E-state index in [2.05, 4.69) is 28.2 Å². The van der Waals surface area contributed by atoms with E-state index in [1.54, 1.807) is 19.0 Å². The van der Waals surface area contributed by atoms with Gasteiger partial charge < -0.3 is 10.2 Å². The van der Waals surface area contributed by atoms with Gasteiger partial charge in [0.15, 0.2) is 0 Å². The zero-order valence-electron chi connectivity index (χ0n) is 11.9. The number of aryl methyl sites for hydroxylation is 1. The fourth-order valence-corrected chi connectivity index (χ4v) is 2.35. The van der Waals surface area contributed by atoms with Crippen LogP contribution >= 0.6 is 0 Å². The van der Waals surface area contributed by atoms with Gasteiger partial charge in [0.2, 0.25) is 5.91 Å². The van der Waals surface area contributed by atoms with Crippen LogP contribution in [-0.2, 0) is 11.3 Å². The van der Waals surface area contributed by atoms with Crippen LogP contribution in [0.4, 0.5) is 0 Å². The molecule has 104 valence electrons. The topological polar surface area (TPSA) is 48.5 Å². The van der Waals surface area contributed by atoms with E-state index in [0.717, 1.165) is 25.3 Å². The second kappa shape index (κ2) is 6.12. The minimum absolute atomic E-state index is 0.0924. The van der Waals surface area contributed by atoms with E-state index in [4.69, 9.17) is 0 Å². The Morgan fingerprint density at radius 1 is 1.58 bits per heavy atom. The van der Waals surface area contributed by atoms with Crippen LogP contribution in [0, 0.1) is 6.92 Å². The zero-order valence-corrected chi connectivity index (χ0v) is 11.9. The largest absolute Gasteiger partial charge is 0.347 e. The van der Waals surface area contributed by atoms with Crippen molar-refractivity contribution in [1.29, 1.82) is 0 Å². The molecule has 5 nitrogen and oxygen atoms in total. The number of pyridine rings is 1. The molecule has 0 bridgehead atoms. The first-order valence-corrected chi connectivity index (χ1v) is 6.66. The van der Waals surface area contributed by atoms with Crippen molar-refractivity contribution in [2.45, 2.75) is 19.5 Å². The van der Waals surface area contributed by atoms with Crippen LogP contribution in [0.15, 0.2) is 18.3 Å². The summed E-state index contributed by atoms with van der Waals surface area (Å²) in [6.45, 7) is 5.30. The fraction of sp³-hybridized carbons (Fsp3) is 0.571. The molecule has 2 rings (SSSR count). The molecule has 1 atom stereocenters. The van der Waals surface area contributed by atoms with E-state index >= 15 is 0 Å². The van der Waals surface area contributed by atoms with Crippen LogP contribution in [0.5, 0.6) is 0 Å². The van der Waals surface area contributed by atoms with Crippen LogP contribution in [0.2, 0.25) is 0 Å². The van der Waals surface area contributed by atoms with Crippen molar-refractivity contribution in [3.05, 3.63) is 29.6 Å². The second-order valence-electron chi connectivity index (χ2n) is 5.19. The predicted molar refractivity (Wildman–Crippen MR) is 74.7 cm³/mol. The molecule has 1 aliphatic heterocycles. The molecular formula is C14H22N4O. The monoisotopic (exact) mass is 262 g/mol. The van der Waals surface area contributed by atoms with E-state index in [1.165, 1.54) is 5.56 Å². The highest BCUT2D eigenvalue weighted by Crippen LogP contribution is 2.13. The van der Waals surface area contributed by atoms with Crippen molar-refractivity contribution in [3.8, 4) is 0 Å². The van der Waals surface area contributed by atoms with Gasteiger partial charge in [0, 0.05) is 46.5 Å². The molecule has 1 fully saturated rings. The molecule has 0 saturated carbocycles. The number of piperazine rings is 1. The summed E-state index contributed by atoms with van der Waals surface area (Å²) < 4.78 is 0. The van der Waals surface area contributed by atoms with Gasteiger partial charge in [-0.25, -0.2) is 0 Å². The number of carbonyl (C=O) groups is 1. The van der Waals surface area contributed by atoms with Crippen molar-refractivity contribution in [3.63, 3.8) is 0 Å². The van der Waals surface area contributed by atoms with Crippen molar-refractivity contribution in [1.82, 2.24) is 20.1 Å². The number of aromatic nitrogens is 1. The summed E-state index contributed by atoms with van der Waals surface area (Å²) in [7, 11) is 3.61. The molecule has 1 aliphatic rings. The summed E-state index contributed by atoms with van der Waals surface area (Å²) in [6, 6.07) is 3.91. The smallest absolute Gasteiger partial charge is 0.240 e. The number of nitrogens with one attached hydrogen (secondary N) is 1. The van der Waals surface area contributed by atoms with Gasteiger partial charge in [0.05, 0.1) is 5.69 Å². The quantitative estimate of drug-likeness (QED) is 0.848. The van der Waals surface area contributed by atoms with Gasteiger partial charge in [-0.1, -0.05) is 6.07 Å². The molecular weight excluding hydrogens is 240 g/mol. The Bertz CT molecular complexity index is 447. The third kappa shape index (κ3) is 3.30. The normalized spacial score (nSPS) is 20.3. The van der Waals surface area contributed by atoms with Crippen molar-refractivity contribution in [2.24, 2.45) is 0 Å². The lowest BCUT2D eigenvalue weighted by atomic mass is 10.1. The highest BCUT2D eigenvalue weighted by Gasteiger charge is 2.29. The molecule has 1 aromatic heterocycles. The summed E-state index contributed by atoms with van der Waals surface area (Å²) in [5.41, 5.74) is 2.23. The van der Waals surface area contributed by atoms with Gasteiger partial charge in [-0.05, 0) is 18.6 Å². The van der Waals surface area contributed by atoms with Crippen LogP contribution in [0.25, 0.3) is 0 Å². The first-order valence-electron chi connectivity index (χ1n) is 6.66. The van der Waals surface area contributed by atoms with Gasteiger partial charge in [-0.3, -0.25) is 14.7 Å². The maximum atomic E-state index is 12.2. The third-order valence-electron chi connectivity index (χ3n) is 3.55. The molecule has 1 aromatic rings. The first-order chi connectivity index (χ1) is 9.09. The van der Waals surface area contributed by atoms with Gasteiger partial charge >= 0.3 is 0 Å². The number of hydrogen-bond donors (Lipinski definition) is 1. The molecule has 2 heterocycles. The van der Waals surface area contributed by atoms with Crippen LogP contribution in [0.3, 0.4) is 0 Å². The van der Waals surface area contributed by atoms with E-state index in [1.807, 2.05) is 12.3 Å². The summed E-state index contributed by atoms with van der Waals surface area (Å²) in [4.78, 5) is 20.5. The number of rotatable bonds is 3. The Balaban J connectivity index is 2.12. The molecule has 1 N–H and O–H groups in total. The average molecular weight is 262 g/mol. The molecule has 1 saturated heterocycles. The molecule has 0 spiro atoms. The molecule has 5 heteroatoms. The minimum atomic E-state index is -0.0924. The van der Waals surface area contributed by atoms with Gasteiger partial charge in [0.25, 0.3) is 0 Å². The number of likely N-dealkylation sites (N-methyl/N-ethyl adjacent to an activating group) is 1. The van der Waals surface area contributed by atoms with Crippen molar-refractivity contribution < 1.29 is 4.79 Å².